The van der Waals surface area contributed by atoms with Gasteiger partial charge >= 0.3 is 0 Å². The Kier molecular flexibility index (Phi) is 5.01. The summed E-state index contributed by atoms with van der Waals surface area (Å²) >= 11 is 0. The predicted octanol–water partition coefficient (Wildman–Crippen LogP) is -0.0138. The topological polar surface area (TPSA) is 92.3 Å². The third kappa shape index (κ3) is 4.47. The van der Waals surface area contributed by atoms with Crippen molar-refractivity contribution in [2.24, 2.45) is 5.92 Å². The van der Waals surface area contributed by atoms with Gasteiger partial charge in [0.1, 0.15) is 0 Å². The van der Waals surface area contributed by atoms with Crippen LogP contribution in [-0.4, -0.2) is 44.3 Å². The second-order valence-corrected chi connectivity index (χ2v) is 7.95. The fourth-order valence-corrected chi connectivity index (χ4v) is 4.54. The first kappa shape index (κ1) is 15.3. The Labute approximate surface area is 119 Å². The van der Waals surface area contributed by atoms with E-state index >= 15 is 0 Å². The lowest BCUT2D eigenvalue weighted by Crippen LogP contribution is -2.44. The van der Waals surface area contributed by atoms with Crippen molar-refractivity contribution in [1.82, 2.24) is 10.6 Å². The van der Waals surface area contributed by atoms with Crippen molar-refractivity contribution in [3.63, 3.8) is 0 Å². The van der Waals surface area contributed by atoms with Crippen molar-refractivity contribution in [3.8, 4) is 0 Å². The van der Waals surface area contributed by atoms with Crippen LogP contribution < -0.4 is 10.6 Å². The van der Waals surface area contributed by atoms with Gasteiger partial charge in [0.25, 0.3) is 0 Å². The monoisotopic (exact) mass is 302 g/mol. The Morgan fingerprint density at radius 3 is 2.35 bits per heavy atom. The molecule has 0 aromatic carbocycles. The van der Waals surface area contributed by atoms with E-state index < -0.39 is 9.84 Å². The average molecular weight is 302 g/mol. The van der Waals surface area contributed by atoms with Crippen LogP contribution in [0.1, 0.15) is 38.5 Å². The summed E-state index contributed by atoms with van der Waals surface area (Å²) < 4.78 is 22.5. The molecule has 1 aliphatic carbocycles. The highest BCUT2D eigenvalue weighted by Crippen LogP contribution is 2.23. The molecule has 7 heteroatoms. The van der Waals surface area contributed by atoms with E-state index in [0.29, 0.717) is 6.42 Å². The molecule has 0 bridgehead atoms. The highest BCUT2D eigenvalue weighted by Gasteiger charge is 2.29. The molecule has 20 heavy (non-hydrogen) atoms. The summed E-state index contributed by atoms with van der Waals surface area (Å²) in [6.45, 7) is -0.0636. The van der Waals surface area contributed by atoms with Crippen LogP contribution in [0.15, 0.2) is 0 Å². The van der Waals surface area contributed by atoms with Crippen LogP contribution in [0.3, 0.4) is 0 Å². The van der Waals surface area contributed by atoms with Crippen molar-refractivity contribution in [1.29, 1.82) is 0 Å². The Morgan fingerprint density at radius 2 is 1.75 bits per heavy atom. The van der Waals surface area contributed by atoms with Crippen molar-refractivity contribution in [2.45, 2.75) is 44.6 Å². The zero-order valence-electron chi connectivity index (χ0n) is 11.6. The molecule has 2 fully saturated rings. The minimum atomic E-state index is -2.99. The van der Waals surface area contributed by atoms with E-state index in [-0.39, 0.29) is 41.8 Å². The second-order valence-electron chi connectivity index (χ2n) is 5.72. The molecular weight excluding hydrogens is 280 g/mol. The molecule has 1 saturated carbocycles. The summed E-state index contributed by atoms with van der Waals surface area (Å²) in [5, 5.41) is 5.31. The van der Waals surface area contributed by atoms with Crippen LogP contribution in [0.2, 0.25) is 0 Å². The molecule has 0 aromatic rings. The van der Waals surface area contributed by atoms with E-state index in [1.807, 2.05) is 0 Å². The number of nitrogens with one attached hydrogen (secondary N) is 2. The Bertz CT molecular complexity index is 469. The van der Waals surface area contributed by atoms with Crippen LogP contribution in [0.25, 0.3) is 0 Å². The standard InChI is InChI=1S/C13H22N2O4S/c16-12(15-11-6-7-20(18,19)9-11)8-14-13(17)10-4-2-1-3-5-10/h10-11H,1-9H2,(H,14,17)(H,15,16). The van der Waals surface area contributed by atoms with E-state index in [1.165, 1.54) is 6.42 Å². The van der Waals surface area contributed by atoms with Gasteiger partial charge in [-0.2, -0.15) is 0 Å². The highest BCUT2D eigenvalue weighted by atomic mass is 32.2. The molecule has 6 nitrogen and oxygen atoms in total. The van der Waals surface area contributed by atoms with Gasteiger partial charge in [-0.3, -0.25) is 9.59 Å². The summed E-state index contributed by atoms with van der Waals surface area (Å²) in [7, 11) is -2.99. The molecule has 1 heterocycles. The Hall–Kier alpha value is -1.11. The second kappa shape index (κ2) is 6.56. The molecule has 0 spiro atoms. The molecular formula is C13H22N2O4S. The summed E-state index contributed by atoms with van der Waals surface area (Å²) in [6, 6.07) is -0.306. The van der Waals surface area contributed by atoms with Gasteiger partial charge in [-0.1, -0.05) is 19.3 Å². The molecule has 1 unspecified atom stereocenters. The number of hydrogen-bond acceptors (Lipinski definition) is 4. The first-order valence-corrected chi connectivity index (χ1v) is 9.06. The Balaban J connectivity index is 1.68. The highest BCUT2D eigenvalue weighted by molar-refractivity contribution is 7.91. The SMILES string of the molecule is O=C(CNC(=O)C1CCCCC1)NC1CCS(=O)(=O)C1. The van der Waals surface area contributed by atoms with Gasteiger partial charge in [-0.15, -0.1) is 0 Å². The zero-order valence-corrected chi connectivity index (χ0v) is 12.4. The minimum absolute atomic E-state index is 0.00924. The van der Waals surface area contributed by atoms with Gasteiger partial charge in [0, 0.05) is 12.0 Å². The number of rotatable bonds is 4. The van der Waals surface area contributed by atoms with Gasteiger partial charge < -0.3 is 10.6 Å². The average Bonchev–Trinajstić information content (AvgIpc) is 2.76. The van der Waals surface area contributed by atoms with Crippen molar-refractivity contribution in [2.75, 3.05) is 18.1 Å². The maximum atomic E-state index is 11.9. The summed E-state index contributed by atoms with van der Waals surface area (Å²) in [5.41, 5.74) is 0. The van der Waals surface area contributed by atoms with Gasteiger partial charge in [-0.05, 0) is 19.3 Å². The number of hydrogen-bond donors (Lipinski definition) is 2. The van der Waals surface area contributed by atoms with Crippen LogP contribution >= 0.6 is 0 Å². The van der Waals surface area contributed by atoms with Crippen molar-refractivity contribution < 1.29 is 18.0 Å². The maximum absolute atomic E-state index is 11.9. The molecule has 2 aliphatic rings. The van der Waals surface area contributed by atoms with Gasteiger partial charge in [0.05, 0.1) is 18.1 Å². The summed E-state index contributed by atoms with van der Waals surface area (Å²) in [5.74, 6) is -0.194. The number of carbonyl (C=O) groups excluding carboxylic acids is 2. The maximum Gasteiger partial charge on any atom is 0.239 e. The fourth-order valence-electron chi connectivity index (χ4n) is 2.86. The van der Waals surface area contributed by atoms with Crippen LogP contribution in [0.4, 0.5) is 0 Å². The molecule has 1 atom stereocenters. The first-order valence-electron chi connectivity index (χ1n) is 7.24. The van der Waals surface area contributed by atoms with Crippen LogP contribution in [-0.2, 0) is 19.4 Å². The lowest BCUT2D eigenvalue weighted by Gasteiger charge is -2.20. The quantitative estimate of drug-likeness (QED) is 0.764. The van der Waals surface area contributed by atoms with Crippen molar-refractivity contribution >= 4 is 21.7 Å². The number of carbonyl (C=O) groups is 2. The molecule has 114 valence electrons. The van der Waals surface area contributed by atoms with E-state index in [2.05, 4.69) is 10.6 Å². The molecule has 0 aromatic heterocycles. The van der Waals surface area contributed by atoms with E-state index in [0.717, 1.165) is 25.7 Å². The van der Waals surface area contributed by atoms with Gasteiger partial charge in [-0.25, -0.2) is 8.42 Å². The fraction of sp³-hybridized carbons (Fsp3) is 0.846. The van der Waals surface area contributed by atoms with E-state index in [1.54, 1.807) is 0 Å². The summed E-state index contributed by atoms with van der Waals surface area (Å²) in [4.78, 5) is 23.5. The lowest BCUT2D eigenvalue weighted by molar-refractivity contribution is -0.129. The molecule has 1 aliphatic heterocycles. The lowest BCUT2D eigenvalue weighted by atomic mass is 9.89. The first-order chi connectivity index (χ1) is 9.46. The number of amides is 2. The van der Waals surface area contributed by atoms with Gasteiger partial charge in [0.2, 0.25) is 11.8 Å². The molecule has 2 amide bonds. The van der Waals surface area contributed by atoms with Crippen LogP contribution in [0.5, 0.6) is 0 Å². The smallest absolute Gasteiger partial charge is 0.239 e. The van der Waals surface area contributed by atoms with E-state index in [4.69, 9.17) is 0 Å². The minimum Gasteiger partial charge on any atom is -0.351 e. The van der Waals surface area contributed by atoms with E-state index in [9.17, 15) is 18.0 Å². The van der Waals surface area contributed by atoms with Gasteiger partial charge in [0.15, 0.2) is 9.84 Å². The number of sulfone groups is 1. The molecule has 2 N–H and O–H groups in total. The third-order valence-electron chi connectivity index (χ3n) is 4.00. The molecule has 1 saturated heterocycles. The third-order valence-corrected chi connectivity index (χ3v) is 5.76. The van der Waals surface area contributed by atoms with Crippen LogP contribution in [0, 0.1) is 5.92 Å². The molecule has 2 rings (SSSR count). The molecule has 0 radical (unpaired) electrons. The van der Waals surface area contributed by atoms with Crippen molar-refractivity contribution in [3.05, 3.63) is 0 Å². The largest absolute Gasteiger partial charge is 0.351 e. The zero-order chi connectivity index (χ0) is 14.6. The Morgan fingerprint density at radius 1 is 1.05 bits per heavy atom. The summed E-state index contributed by atoms with van der Waals surface area (Å²) in [6.07, 6.45) is 5.59. The normalized spacial score (nSPS) is 26.1. The predicted molar refractivity (Wildman–Crippen MR) is 74.8 cm³/mol.